The maximum absolute atomic E-state index is 12.4. The van der Waals surface area contributed by atoms with Crippen LogP contribution in [0, 0.1) is 11.3 Å². The summed E-state index contributed by atoms with van der Waals surface area (Å²) in [6, 6.07) is 12.5. The molecule has 1 spiro atoms. The fourth-order valence-corrected chi connectivity index (χ4v) is 3.82. The number of aliphatic carboxylic acids is 1. The number of benzene rings is 1. The van der Waals surface area contributed by atoms with Crippen LogP contribution in [-0.4, -0.2) is 46.6 Å². The van der Waals surface area contributed by atoms with Crippen molar-refractivity contribution in [3.8, 4) is 17.4 Å². The van der Waals surface area contributed by atoms with Gasteiger partial charge in [-0.3, -0.25) is 9.59 Å². The van der Waals surface area contributed by atoms with E-state index in [9.17, 15) is 9.59 Å². The lowest BCUT2D eigenvalue weighted by atomic mass is 9.91. The number of rotatable bonds is 6. The number of ether oxygens (including phenoxy) is 2. The molecule has 7 heteroatoms. The molecule has 2 aliphatic rings. The lowest BCUT2D eigenvalue weighted by Gasteiger charge is -2.32. The first-order valence-electron chi connectivity index (χ1n) is 9.38. The van der Waals surface area contributed by atoms with E-state index in [0.29, 0.717) is 30.5 Å². The van der Waals surface area contributed by atoms with Crippen molar-refractivity contribution < 1.29 is 24.2 Å². The third kappa shape index (κ3) is 3.93. The van der Waals surface area contributed by atoms with Gasteiger partial charge >= 0.3 is 5.97 Å². The van der Waals surface area contributed by atoms with Crippen LogP contribution in [0.5, 0.6) is 17.4 Å². The zero-order valence-corrected chi connectivity index (χ0v) is 15.4. The van der Waals surface area contributed by atoms with Crippen molar-refractivity contribution in [1.82, 2.24) is 9.88 Å². The summed E-state index contributed by atoms with van der Waals surface area (Å²) in [5.41, 5.74) is -0.0765. The van der Waals surface area contributed by atoms with E-state index in [2.05, 4.69) is 4.98 Å². The summed E-state index contributed by atoms with van der Waals surface area (Å²) in [4.78, 5) is 29.4. The number of piperidine rings is 1. The average Bonchev–Trinajstić information content (AvgIpc) is 3.42. The maximum Gasteiger partial charge on any atom is 0.307 e. The molecule has 28 heavy (non-hydrogen) atoms. The molecule has 1 unspecified atom stereocenters. The summed E-state index contributed by atoms with van der Waals surface area (Å²) in [5, 5.41) is 9.15. The highest BCUT2D eigenvalue weighted by molar-refractivity contribution is 5.78. The molecule has 1 atom stereocenters. The first-order chi connectivity index (χ1) is 13.6. The number of carboxylic acids is 1. The van der Waals surface area contributed by atoms with Crippen LogP contribution in [0.1, 0.15) is 19.3 Å². The van der Waals surface area contributed by atoms with Gasteiger partial charge in [-0.1, -0.05) is 6.07 Å². The first kappa shape index (κ1) is 18.3. The highest BCUT2D eigenvalue weighted by atomic mass is 16.5. The predicted molar refractivity (Wildman–Crippen MR) is 100 cm³/mol. The third-order valence-corrected chi connectivity index (χ3v) is 5.65. The number of carbonyl (C=O) groups excluding carboxylic acids is 1. The lowest BCUT2D eigenvalue weighted by Crippen LogP contribution is -2.42. The van der Waals surface area contributed by atoms with Gasteiger partial charge < -0.3 is 19.5 Å². The minimum Gasteiger partial charge on any atom is -0.484 e. The molecule has 1 aromatic heterocycles. The van der Waals surface area contributed by atoms with E-state index >= 15 is 0 Å². The normalized spacial score (nSPS) is 19.9. The van der Waals surface area contributed by atoms with Crippen LogP contribution < -0.4 is 9.47 Å². The lowest BCUT2D eigenvalue weighted by molar-refractivity contribution is -0.140. The van der Waals surface area contributed by atoms with Crippen molar-refractivity contribution >= 4 is 11.9 Å². The van der Waals surface area contributed by atoms with Crippen LogP contribution in [-0.2, 0) is 9.59 Å². The van der Waals surface area contributed by atoms with Crippen molar-refractivity contribution in [2.24, 2.45) is 11.3 Å². The molecular weight excluding hydrogens is 360 g/mol. The molecule has 7 nitrogen and oxygen atoms in total. The Balaban J connectivity index is 1.23. The first-order valence-corrected chi connectivity index (χ1v) is 9.38. The Kier molecular flexibility index (Phi) is 4.90. The fourth-order valence-electron chi connectivity index (χ4n) is 3.82. The van der Waals surface area contributed by atoms with Crippen LogP contribution in [0.2, 0.25) is 0 Å². The topological polar surface area (TPSA) is 89.0 Å². The monoisotopic (exact) mass is 382 g/mol. The Hall–Kier alpha value is -3.09. The fraction of sp³-hybridized carbons (Fsp3) is 0.381. The summed E-state index contributed by atoms with van der Waals surface area (Å²) < 4.78 is 11.2. The van der Waals surface area contributed by atoms with Gasteiger partial charge in [-0.2, -0.15) is 0 Å². The second kappa shape index (κ2) is 7.50. The van der Waals surface area contributed by atoms with Gasteiger partial charge in [0.15, 0.2) is 6.61 Å². The number of amides is 1. The maximum atomic E-state index is 12.4. The van der Waals surface area contributed by atoms with Crippen LogP contribution in [0.25, 0.3) is 0 Å². The number of likely N-dealkylation sites (tertiary alicyclic amines) is 1. The van der Waals surface area contributed by atoms with Crippen molar-refractivity contribution in [1.29, 1.82) is 0 Å². The Bertz CT molecular complexity index is 845. The molecule has 1 N–H and O–H groups in total. The van der Waals surface area contributed by atoms with Gasteiger partial charge in [0.2, 0.25) is 5.88 Å². The Morgan fingerprint density at radius 3 is 2.43 bits per heavy atom. The zero-order valence-electron chi connectivity index (χ0n) is 15.4. The van der Waals surface area contributed by atoms with Gasteiger partial charge in [0.1, 0.15) is 11.5 Å². The van der Waals surface area contributed by atoms with Crippen molar-refractivity contribution in [3.63, 3.8) is 0 Å². The van der Waals surface area contributed by atoms with Crippen molar-refractivity contribution in [2.75, 3.05) is 19.7 Å². The molecule has 0 bridgehead atoms. The predicted octanol–water partition coefficient (Wildman–Crippen LogP) is 2.97. The smallest absolute Gasteiger partial charge is 0.307 e. The summed E-state index contributed by atoms with van der Waals surface area (Å²) in [6.45, 7) is 1.17. The van der Waals surface area contributed by atoms with E-state index in [4.69, 9.17) is 14.6 Å². The van der Waals surface area contributed by atoms with Crippen LogP contribution >= 0.6 is 0 Å². The highest BCUT2D eigenvalue weighted by Gasteiger charge is 2.59. The molecule has 0 radical (unpaired) electrons. The van der Waals surface area contributed by atoms with E-state index in [0.717, 1.165) is 19.3 Å². The second-order valence-corrected chi connectivity index (χ2v) is 7.37. The number of carbonyl (C=O) groups is 2. The highest BCUT2D eigenvalue weighted by Crippen LogP contribution is 2.59. The van der Waals surface area contributed by atoms with Gasteiger partial charge in [-0.15, -0.1) is 0 Å². The summed E-state index contributed by atoms with van der Waals surface area (Å²) in [5.74, 6) is 0.720. The molecule has 1 aliphatic carbocycles. The molecule has 2 fully saturated rings. The molecule has 146 valence electrons. The molecule has 1 amide bonds. The quantitative estimate of drug-likeness (QED) is 0.826. The molecule has 1 aliphatic heterocycles. The Morgan fingerprint density at radius 1 is 1.11 bits per heavy atom. The third-order valence-electron chi connectivity index (χ3n) is 5.65. The van der Waals surface area contributed by atoms with Gasteiger partial charge in [-0.25, -0.2) is 4.98 Å². The number of carboxylic acid groups (broad SMARTS) is 1. The van der Waals surface area contributed by atoms with E-state index in [1.807, 2.05) is 12.1 Å². The number of hydrogen-bond acceptors (Lipinski definition) is 5. The largest absolute Gasteiger partial charge is 0.484 e. The molecule has 1 saturated carbocycles. The van der Waals surface area contributed by atoms with Crippen LogP contribution in [0.15, 0.2) is 48.7 Å². The second-order valence-electron chi connectivity index (χ2n) is 7.37. The molecule has 4 rings (SSSR count). The van der Waals surface area contributed by atoms with Gasteiger partial charge in [0, 0.05) is 25.4 Å². The molecular formula is C21H22N2O5. The number of aromatic nitrogens is 1. The van der Waals surface area contributed by atoms with E-state index < -0.39 is 5.97 Å². The summed E-state index contributed by atoms with van der Waals surface area (Å²) in [7, 11) is 0. The van der Waals surface area contributed by atoms with Crippen molar-refractivity contribution in [2.45, 2.75) is 19.3 Å². The zero-order chi connectivity index (χ0) is 19.6. The minimum absolute atomic E-state index is 0.0319. The average molecular weight is 382 g/mol. The van der Waals surface area contributed by atoms with Crippen LogP contribution in [0.3, 0.4) is 0 Å². The molecule has 2 heterocycles. The molecule has 2 aromatic rings. The Labute approximate surface area is 162 Å². The van der Waals surface area contributed by atoms with Crippen molar-refractivity contribution in [3.05, 3.63) is 48.7 Å². The summed E-state index contributed by atoms with van der Waals surface area (Å²) >= 11 is 0. The number of pyridine rings is 1. The van der Waals surface area contributed by atoms with Gasteiger partial charge in [-0.05, 0) is 55.0 Å². The van der Waals surface area contributed by atoms with Gasteiger partial charge in [0.25, 0.3) is 5.91 Å². The summed E-state index contributed by atoms with van der Waals surface area (Å²) in [6.07, 6.45) is 3.92. The number of hydrogen-bond donors (Lipinski definition) is 1. The Morgan fingerprint density at radius 2 is 1.82 bits per heavy atom. The standard InChI is InChI=1S/C21H22N2O5/c24-19(23-11-8-21(9-12-23)13-17(21)20(25)26)14-27-15-4-6-16(7-5-15)28-18-3-1-2-10-22-18/h1-7,10,17H,8-9,11-14H2,(H,25,26). The van der Waals surface area contributed by atoms with Gasteiger partial charge in [0.05, 0.1) is 5.92 Å². The van der Waals surface area contributed by atoms with E-state index in [-0.39, 0.29) is 23.8 Å². The SMILES string of the molecule is O=C(O)C1CC12CCN(C(=O)COc1ccc(Oc3ccccn3)cc1)CC2. The van der Waals surface area contributed by atoms with Crippen LogP contribution in [0.4, 0.5) is 0 Å². The minimum atomic E-state index is -0.710. The molecule has 1 saturated heterocycles. The van der Waals surface area contributed by atoms with E-state index in [1.165, 1.54) is 0 Å². The van der Waals surface area contributed by atoms with E-state index in [1.54, 1.807) is 41.4 Å². The molecule has 1 aromatic carbocycles. The number of nitrogens with zero attached hydrogens (tertiary/aromatic N) is 2.